The first-order valence-electron chi connectivity index (χ1n) is 9.25. The molecule has 1 aromatic carbocycles. The molecule has 0 aromatic heterocycles. The average molecular weight is 524 g/mol. The molecule has 9 heteroatoms. The van der Waals surface area contributed by atoms with E-state index in [-0.39, 0.29) is 29.7 Å². The van der Waals surface area contributed by atoms with E-state index in [1.165, 1.54) is 0 Å². The van der Waals surface area contributed by atoms with Crippen molar-refractivity contribution in [2.24, 2.45) is 4.99 Å². The molecule has 28 heavy (non-hydrogen) atoms. The number of methoxy groups -OCH3 is 1. The van der Waals surface area contributed by atoms with Crippen LogP contribution in [0.25, 0.3) is 0 Å². The maximum atomic E-state index is 12.2. The molecule has 1 N–H and O–H groups in total. The fraction of sp³-hybridized carbons (Fsp3) is 0.632. The molecule has 2 rings (SSSR count). The van der Waals surface area contributed by atoms with Crippen LogP contribution in [0.3, 0.4) is 0 Å². The second-order valence-corrected chi connectivity index (χ2v) is 10.4. The SMILES string of the molecule is CN=C(NCCS(=O)(=O)C(C)(C)C)N1CCN(c2cccc(OC)c2)CC1.I. The highest BCUT2D eigenvalue weighted by Gasteiger charge is 2.28. The number of sulfone groups is 1. The zero-order chi connectivity index (χ0) is 20.1. The summed E-state index contributed by atoms with van der Waals surface area (Å²) in [5.41, 5.74) is 1.15. The van der Waals surface area contributed by atoms with Gasteiger partial charge in [-0.15, -0.1) is 24.0 Å². The van der Waals surface area contributed by atoms with Crippen LogP contribution in [0.15, 0.2) is 29.3 Å². The number of guanidine groups is 1. The number of nitrogens with zero attached hydrogens (tertiary/aromatic N) is 3. The third-order valence-corrected chi connectivity index (χ3v) is 7.40. The summed E-state index contributed by atoms with van der Waals surface area (Å²) in [6, 6.07) is 8.07. The Bertz CT molecular complexity index is 755. The van der Waals surface area contributed by atoms with Gasteiger partial charge >= 0.3 is 0 Å². The van der Waals surface area contributed by atoms with Gasteiger partial charge in [-0.25, -0.2) is 8.42 Å². The minimum absolute atomic E-state index is 0. The standard InChI is InChI=1S/C19H32N4O3S.HI/c1-19(2,3)27(24,25)14-9-21-18(20-4)23-12-10-22(11-13-23)16-7-6-8-17(15-16)26-5;/h6-8,15H,9-14H2,1-5H3,(H,20,21);1H. The second kappa shape index (κ2) is 10.5. The lowest BCUT2D eigenvalue weighted by Gasteiger charge is -2.37. The van der Waals surface area contributed by atoms with Gasteiger partial charge in [0.15, 0.2) is 15.8 Å². The molecular weight excluding hydrogens is 491 g/mol. The molecule has 0 saturated carbocycles. The lowest BCUT2D eigenvalue weighted by molar-refractivity contribution is 0.373. The molecular formula is C19H33IN4O3S. The van der Waals surface area contributed by atoms with Gasteiger partial charge in [0.25, 0.3) is 0 Å². The van der Waals surface area contributed by atoms with Crippen molar-refractivity contribution in [1.29, 1.82) is 0 Å². The number of halogens is 1. The van der Waals surface area contributed by atoms with Crippen LogP contribution < -0.4 is 15.0 Å². The summed E-state index contributed by atoms with van der Waals surface area (Å²) in [6.07, 6.45) is 0. The predicted octanol–water partition coefficient (Wildman–Crippen LogP) is 2.22. The summed E-state index contributed by atoms with van der Waals surface area (Å²) in [6.45, 7) is 8.94. The lowest BCUT2D eigenvalue weighted by atomic mass is 10.2. The topological polar surface area (TPSA) is 74.2 Å². The number of aliphatic imine (C=N–C) groups is 1. The van der Waals surface area contributed by atoms with E-state index in [1.54, 1.807) is 34.9 Å². The van der Waals surface area contributed by atoms with Crippen LogP contribution in [0.2, 0.25) is 0 Å². The third kappa shape index (κ3) is 6.40. The molecule has 0 unspecified atom stereocenters. The first kappa shape index (κ1) is 24.8. The smallest absolute Gasteiger partial charge is 0.193 e. The van der Waals surface area contributed by atoms with Crippen molar-refractivity contribution >= 4 is 45.5 Å². The molecule has 1 aromatic rings. The quantitative estimate of drug-likeness (QED) is 0.362. The summed E-state index contributed by atoms with van der Waals surface area (Å²) >= 11 is 0. The largest absolute Gasteiger partial charge is 0.497 e. The molecule has 160 valence electrons. The van der Waals surface area contributed by atoms with Crippen LogP contribution in [0.5, 0.6) is 5.75 Å². The number of anilines is 1. The van der Waals surface area contributed by atoms with Crippen LogP contribution in [0.4, 0.5) is 5.69 Å². The van der Waals surface area contributed by atoms with E-state index in [9.17, 15) is 8.42 Å². The Morgan fingerprint density at radius 3 is 2.39 bits per heavy atom. The van der Waals surface area contributed by atoms with E-state index in [1.807, 2.05) is 18.2 Å². The number of nitrogens with one attached hydrogen (secondary N) is 1. The molecule has 1 fully saturated rings. The van der Waals surface area contributed by atoms with Crippen LogP contribution in [-0.2, 0) is 9.84 Å². The number of benzene rings is 1. The number of ether oxygens (including phenoxy) is 1. The maximum absolute atomic E-state index is 12.2. The maximum Gasteiger partial charge on any atom is 0.193 e. The van der Waals surface area contributed by atoms with Gasteiger partial charge in [0.05, 0.1) is 17.6 Å². The van der Waals surface area contributed by atoms with Crippen LogP contribution >= 0.6 is 24.0 Å². The highest BCUT2D eigenvalue weighted by molar-refractivity contribution is 14.0. The Morgan fingerprint density at radius 1 is 1.21 bits per heavy atom. The van der Waals surface area contributed by atoms with Gasteiger partial charge in [0.1, 0.15) is 5.75 Å². The number of hydrogen-bond donors (Lipinski definition) is 1. The van der Waals surface area contributed by atoms with Crippen molar-refractivity contribution in [2.45, 2.75) is 25.5 Å². The Balaban J connectivity index is 0.00000392. The van der Waals surface area contributed by atoms with Crippen LogP contribution in [0.1, 0.15) is 20.8 Å². The summed E-state index contributed by atoms with van der Waals surface area (Å²) in [5, 5.41) is 3.20. The molecule has 1 saturated heterocycles. The van der Waals surface area contributed by atoms with Crippen LogP contribution in [-0.4, -0.2) is 76.7 Å². The van der Waals surface area contributed by atoms with Crippen molar-refractivity contribution in [2.75, 3.05) is 57.5 Å². The Kier molecular flexibility index (Phi) is 9.32. The van der Waals surface area contributed by atoms with Gasteiger partial charge in [0, 0.05) is 51.5 Å². The zero-order valence-electron chi connectivity index (χ0n) is 17.4. The van der Waals surface area contributed by atoms with Crippen molar-refractivity contribution < 1.29 is 13.2 Å². The number of rotatable bonds is 5. The molecule has 0 atom stereocenters. The number of piperazine rings is 1. The van der Waals surface area contributed by atoms with Gasteiger partial charge in [-0.3, -0.25) is 4.99 Å². The fourth-order valence-corrected chi connectivity index (χ4v) is 3.90. The number of hydrogen-bond acceptors (Lipinski definition) is 5. The summed E-state index contributed by atoms with van der Waals surface area (Å²) < 4.78 is 29.0. The molecule has 1 aliphatic rings. The van der Waals surface area contributed by atoms with Crippen molar-refractivity contribution in [1.82, 2.24) is 10.2 Å². The molecule has 0 amide bonds. The zero-order valence-corrected chi connectivity index (χ0v) is 20.6. The molecule has 0 spiro atoms. The highest BCUT2D eigenvalue weighted by atomic mass is 127. The van der Waals surface area contributed by atoms with Gasteiger partial charge < -0.3 is 19.9 Å². The lowest BCUT2D eigenvalue weighted by Crippen LogP contribution is -2.53. The molecule has 0 bridgehead atoms. The van der Waals surface area contributed by atoms with E-state index in [2.05, 4.69) is 26.2 Å². The molecule has 1 heterocycles. The molecule has 0 radical (unpaired) electrons. The van der Waals surface area contributed by atoms with Gasteiger partial charge in [-0.2, -0.15) is 0 Å². The summed E-state index contributed by atoms with van der Waals surface area (Å²) in [5.74, 6) is 1.70. The van der Waals surface area contributed by atoms with E-state index in [0.29, 0.717) is 6.54 Å². The average Bonchev–Trinajstić information content (AvgIpc) is 2.64. The van der Waals surface area contributed by atoms with E-state index in [4.69, 9.17) is 4.74 Å². The highest BCUT2D eigenvalue weighted by Crippen LogP contribution is 2.22. The Labute approximate surface area is 186 Å². The first-order valence-corrected chi connectivity index (χ1v) is 10.9. The summed E-state index contributed by atoms with van der Waals surface area (Å²) in [4.78, 5) is 8.80. The minimum Gasteiger partial charge on any atom is -0.497 e. The Hall–Kier alpha value is -1.23. The monoisotopic (exact) mass is 524 g/mol. The predicted molar refractivity (Wildman–Crippen MR) is 127 cm³/mol. The molecule has 0 aliphatic carbocycles. The fourth-order valence-electron chi connectivity index (χ4n) is 2.92. The summed E-state index contributed by atoms with van der Waals surface area (Å²) in [7, 11) is 0.264. The van der Waals surface area contributed by atoms with Crippen molar-refractivity contribution in [3.05, 3.63) is 24.3 Å². The van der Waals surface area contributed by atoms with E-state index < -0.39 is 14.6 Å². The Morgan fingerprint density at radius 2 is 1.86 bits per heavy atom. The normalized spacial score (nSPS) is 15.8. The van der Waals surface area contributed by atoms with Gasteiger partial charge in [-0.05, 0) is 32.9 Å². The third-order valence-electron chi connectivity index (χ3n) is 4.80. The van der Waals surface area contributed by atoms with E-state index >= 15 is 0 Å². The van der Waals surface area contributed by atoms with Crippen molar-refractivity contribution in [3.8, 4) is 5.75 Å². The van der Waals surface area contributed by atoms with E-state index in [0.717, 1.165) is 43.6 Å². The molecule has 1 aliphatic heterocycles. The van der Waals surface area contributed by atoms with Crippen LogP contribution in [0, 0.1) is 0 Å². The molecule has 7 nitrogen and oxygen atoms in total. The first-order chi connectivity index (χ1) is 12.7. The van der Waals surface area contributed by atoms with Gasteiger partial charge in [-0.1, -0.05) is 6.07 Å². The van der Waals surface area contributed by atoms with Crippen molar-refractivity contribution in [3.63, 3.8) is 0 Å². The second-order valence-electron chi connectivity index (χ2n) is 7.58. The van der Waals surface area contributed by atoms with Gasteiger partial charge in [0.2, 0.25) is 0 Å². The minimum atomic E-state index is -3.14.